The summed E-state index contributed by atoms with van der Waals surface area (Å²) in [6, 6.07) is 14.2. The average molecular weight is 417 g/mol. The first-order valence-electron chi connectivity index (χ1n) is 9.48. The Morgan fingerprint density at radius 2 is 1.76 bits per heavy atom. The number of piperazine rings is 1. The molecule has 3 rings (SSSR count). The van der Waals surface area contributed by atoms with E-state index in [9.17, 15) is 9.59 Å². The number of benzene rings is 2. The molecule has 1 aliphatic rings. The molecular weight excluding hydrogens is 392 g/mol. The second-order valence-corrected chi connectivity index (χ2v) is 7.23. The molecule has 2 aromatic rings. The number of anilines is 2. The Morgan fingerprint density at radius 1 is 1.07 bits per heavy atom. The summed E-state index contributed by atoms with van der Waals surface area (Å²) in [6.07, 6.45) is 0. The molecule has 1 atom stereocenters. The summed E-state index contributed by atoms with van der Waals surface area (Å²) in [5.41, 5.74) is 1.69. The van der Waals surface area contributed by atoms with Crippen LogP contribution in [0.1, 0.15) is 6.92 Å². The first kappa shape index (κ1) is 20.8. The van der Waals surface area contributed by atoms with E-state index in [-0.39, 0.29) is 11.9 Å². The lowest BCUT2D eigenvalue weighted by atomic mass is 10.2. The highest BCUT2D eigenvalue weighted by Gasteiger charge is 2.24. The second-order valence-electron chi connectivity index (χ2n) is 6.82. The van der Waals surface area contributed by atoms with Crippen LogP contribution in [0.5, 0.6) is 5.75 Å². The number of nitrogens with one attached hydrogen (secondary N) is 2. The normalized spacial score (nSPS) is 14.9. The van der Waals surface area contributed by atoms with Crippen molar-refractivity contribution in [1.82, 2.24) is 10.2 Å². The number of ether oxygens (including phenoxy) is 1. The molecule has 2 aromatic carbocycles. The third kappa shape index (κ3) is 5.32. The molecule has 0 radical (unpaired) electrons. The minimum Gasteiger partial charge on any atom is -0.495 e. The van der Waals surface area contributed by atoms with Crippen molar-refractivity contribution < 1.29 is 14.3 Å². The van der Waals surface area contributed by atoms with Crippen LogP contribution in [0.3, 0.4) is 0 Å². The monoisotopic (exact) mass is 416 g/mol. The first-order chi connectivity index (χ1) is 14.0. The van der Waals surface area contributed by atoms with E-state index in [1.165, 1.54) is 7.11 Å². The predicted octanol–water partition coefficient (Wildman–Crippen LogP) is 3.21. The highest BCUT2D eigenvalue weighted by Crippen LogP contribution is 2.27. The molecule has 0 spiro atoms. The Labute approximate surface area is 175 Å². The van der Waals surface area contributed by atoms with Crippen molar-refractivity contribution in [1.29, 1.82) is 0 Å². The lowest BCUT2D eigenvalue weighted by molar-refractivity contribution is -0.117. The molecule has 1 saturated heterocycles. The van der Waals surface area contributed by atoms with Gasteiger partial charge in [0.1, 0.15) is 11.8 Å². The van der Waals surface area contributed by atoms with Gasteiger partial charge in [-0.05, 0) is 37.3 Å². The van der Waals surface area contributed by atoms with E-state index in [4.69, 9.17) is 16.3 Å². The van der Waals surface area contributed by atoms with Crippen LogP contribution in [-0.4, -0.2) is 56.2 Å². The largest absolute Gasteiger partial charge is 0.495 e. The van der Waals surface area contributed by atoms with Crippen molar-refractivity contribution >= 4 is 34.9 Å². The summed E-state index contributed by atoms with van der Waals surface area (Å²) in [6.45, 7) is 4.36. The number of rotatable bonds is 5. The number of methoxy groups -OCH3 is 1. The van der Waals surface area contributed by atoms with Gasteiger partial charge >= 0.3 is 6.03 Å². The number of hydrogen-bond donors (Lipinski definition) is 2. The lowest BCUT2D eigenvalue weighted by Crippen LogP contribution is -2.54. The molecule has 1 heterocycles. The Hall–Kier alpha value is -2.93. The second kappa shape index (κ2) is 9.52. The molecular formula is C21H25ClN4O3. The molecule has 0 aromatic heterocycles. The van der Waals surface area contributed by atoms with Crippen LogP contribution >= 0.6 is 11.6 Å². The van der Waals surface area contributed by atoms with E-state index in [1.54, 1.807) is 30.0 Å². The van der Waals surface area contributed by atoms with Gasteiger partial charge in [0, 0.05) is 37.6 Å². The standard InChI is InChI=1S/C21H25ClN4O3/c1-15(20(27)24-16-8-9-19(29-2)18(22)14-16)23-21(28)26-12-10-25(11-13-26)17-6-4-3-5-7-17/h3-9,14-15H,10-13H2,1-2H3,(H,23,28)(H,24,27). The van der Waals surface area contributed by atoms with Crippen LogP contribution in [0.25, 0.3) is 0 Å². The van der Waals surface area contributed by atoms with Crippen LogP contribution in [0.15, 0.2) is 48.5 Å². The van der Waals surface area contributed by atoms with Crippen LogP contribution < -0.4 is 20.3 Å². The van der Waals surface area contributed by atoms with E-state index < -0.39 is 6.04 Å². The van der Waals surface area contributed by atoms with Gasteiger partial charge in [0.25, 0.3) is 0 Å². The molecule has 1 aliphatic heterocycles. The van der Waals surface area contributed by atoms with Crippen molar-refractivity contribution in [3.63, 3.8) is 0 Å². The van der Waals surface area contributed by atoms with Crippen molar-refractivity contribution in [3.8, 4) is 5.75 Å². The van der Waals surface area contributed by atoms with Crippen molar-refractivity contribution in [3.05, 3.63) is 53.6 Å². The molecule has 7 nitrogen and oxygen atoms in total. The number of carbonyl (C=O) groups excluding carboxylic acids is 2. The predicted molar refractivity (Wildman–Crippen MR) is 115 cm³/mol. The summed E-state index contributed by atoms with van der Waals surface area (Å²) >= 11 is 6.08. The molecule has 0 saturated carbocycles. The quantitative estimate of drug-likeness (QED) is 0.784. The Balaban J connectivity index is 1.49. The summed E-state index contributed by atoms with van der Waals surface area (Å²) in [4.78, 5) is 28.9. The van der Waals surface area contributed by atoms with Crippen molar-refractivity contribution in [2.75, 3.05) is 43.5 Å². The number of nitrogens with zero attached hydrogens (tertiary/aromatic N) is 2. The van der Waals surface area contributed by atoms with Gasteiger partial charge in [-0.1, -0.05) is 29.8 Å². The van der Waals surface area contributed by atoms with Gasteiger partial charge in [-0.3, -0.25) is 4.79 Å². The summed E-state index contributed by atoms with van der Waals surface area (Å²) in [5, 5.41) is 5.91. The smallest absolute Gasteiger partial charge is 0.318 e. The zero-order valence-electron chi connectivity index (χ0n) is 16.5. The number of amides is 3. The molecule has 1 unspecified atom stereocenters. The van der Waals surface area contributed by atoms with Gasteiger partial charge in [-0.2, -0.15) is 0 Å². The maximum Gasteiger partial charge on any atom is 0.318 e. The molecule has 29 heavy (non-hydrogen) atoms. The van der Waals surface area contributed by atoms with Gasteiger partial charge in [0.05, 0.1) is 12.1 Å². The van der Waals surface area contributed by atoms with E-state index in [0.29, 0.717) is 29.5 Å². The molecule has 0 aliphatic carbocycles. The highest BCUT2D eigenvalue weighted by atomic mass is 35.5. The summed E-state index contributed by atoms with van der Waals surface area (Å²) in [5.74, 6) is 0.211. The molecule has 0 bridgehead atoms. The molecule has 8 heteroatoms. The van der Waals surface area contributed by atoms with Crippen molar-refractivity contribution in [2.24, 2.45) is 0 Å². The Bertz CT molecular complexity index is 854. The minimum atomic E-state index is -0.685. The van der Waals surface area contributed by atoms with E-state index in [0.717, 1.165) is 18.8 Å². The molecule has 3 amide bonds. The van der Waals surface area contributed by atoms with E-state index in [1.807, 2.05) is 18.2 Å². The van der Waals surface area contributed by atoms with Crippen molar-refractivity contribution in [2.45, 2.75) is 13.0 Å². The zero-order chi connectivity index (χ0) is 20.8. The molecule has 2 N–H and O–H groups in total. The number of halogens is 1. The fraction of sp³-hybridized carbons (Fsp3) is 0.333. The zero-order valence-corrected chi connectivity index (χ0v) is 17.3. The first-order valence-corrected chi connectivity index (χ1v) is 9.85. The third-order valence-corrected chi connectivity index (χ3v) is 5.14. The van der Waals surface area contributed by atoms with Crippen LogP contribution in [-0.2, 0) is 4.79 Å². The number of hydrogen-bond acceptors (Lipinski definition) is 4. The fourth-order valence-electron chi connectivity index (χ4n) is 3.14. The SMILES string of the molecule is COc1ccc(NC(=O)C(C)NC(=O)N2CCN(c3ccccc3)CC2)cc1Cl. The minimum absolute atomic E-state index is 0.242. The van der Waals surface area contributed by atoms with Crippen LogP contribution in [0.2, 0.25) is 5.02 Å². The molecule has 154 valence electrons. The van der Waals surface area contributed by atoms with Crippen LogP contribution in [0, 0.1) is 0 Å². The Morgan fingerprint density at radius 3 is 2.38 bits per heavy atom. The molecule has 1 fully saturated rings. The third-order valence-electron chi connectivity index (χ3n) is 4.84. The van der Waals surface area contributed by atoms with Gasteiger partial charge < -0.3 is 25.2 Å². The maximum absolute atomic E-state index is 12.5. The fourth-order valence-corrected chi connectivity index (χ4v) is 3.40. The van der Waals surface area contributed by atoms with E-state index in [2.05, 4.69) is 27.7 Å². The lowest BCUT2D eigenvalue weighted by Gasteiger charge is -2.36. The summed E-state index contributed by atoms with van der Waals surface area (Å²) < 4.78 is 5.10. The summed E-state index contributed by atoms with van der Waals surface area (Å²) in [7, 11) is 1.52. The van der Waals surface area contributed by atoms with Gasteiger partial charge in [-0.15, -0.1) is 0 Å². The van der Waals surface area contributed by atoms with Gasteiger partial charge in [0.2, 0.25) is 5.91 Å². The topological polar surface area (TPSA) is 73.9 Å². The Kier molecular flexibility index (Phi) is 6.82. The van der Waals surface area contributed by atoms with Gasteiger partial charge in [0.15, 0.2) is 0 Å². The number of carbonyl (C=O) groups is 2. The maximum atomic E-state index is 12.5. The number of para-hydroxylation sites is 1. The van der Waals surface area contributed by atoms with Gasteiger partial charge in [-0.25, -0.2) is 4.79 Å². The van der Waals surface area contributed by atoms with E-state index >= 15 is 0 Å². The number of urea groups is 1. The van der Waals surface area contributed by atoms with Crippen LogP contribution in [0.4, 0.5) is 16.2 Å². The average Bonchev–Trinajstić information content (AvgIpc) is 2.74. The highest BCUT2D eigenvalue weighted by molar-refractivity contribution is 6.32.